The Balaban J connectivity index is 2.02. The molecular weight excluding hydrogens is 160 g/mol. The molecule has 2 heteroatoms. The molecule has 0 aromatic rings. The van der Waals surface area contributed by atoms with Crippen LogP contribution < -0.4 is 5.32 Å². The van der Waals surface area contributed by atoms with Crippen LogP contribution >= 0.6 is 0 Å². The summed E-state index contributed by atoms with van der Waals surface area (Å²) in [5.74, 6) is 0.876. The van der Waals surface area contributed by atoms with Gasteiger partial charge in [-0.2, -0.15) is 5.26 Å². The molecule has 1 rings (SSSR count). The van der Waals surface area contributed by atoms with Crippen molar-refractivity contribution in [3.05, 3.63) is 0 Å². The number of rotatable bonds is 4. The minimum Gasteiger partial charge on any atom is -0.315 e. The van der Waals surface area contributed by atoms with E-state index < -0.39 is 0 Å². The predicted molar refractivity (Wildman–Crippen MR) is 54.3 cm³/mol. The van der Waals surface area contributed by atoms with Crippen LogP contribution in [0.4, 0.5) is 0 Å². The van der Waals surface area contributed by atoms with E-state index in [0.29, 0.717) is 6.42 Å². The summed E-state index contributed by atoms with van der Waals surface area (Å²) in [5, 5.41) is 11.7. The third kappa shape index (κ3) is 4.90. The second-order valence-electron chi connectivity index (χ2n) is 3.97. The maximum absolute atomic E-state index is 8.36. The number of nitrogens with one attached hydrogen (secondary N) is 1. The van der Waals surface area contributed by atoms with Crippen LogP contribution in [0.3, 0.4) is 0 Å². The molecule has 0 amide bonds. The van der Waals surface area contributed by atoms with Crippen LogP contribution in [0.15, 0.2) is 0 Å². The molecule has 0 bridgehead atoms. The van der Waals surface area contributed by atoms with E-state index in [1.165, 1.54) is 38.5 Å². The van der Waals surface area contributed by atoms with Crippen molar-refractivity contribution in [3.63, 3.8) is 0 Å². The fourth-order valence-electron chi connectivity index (χ4n) is 2.02. The number of nitrogens with zero attached hydrogens (tertiary/aromatic N) is 1. The van der Waals surface area contributed by atoms with Gasteiger partial charge in [0, 0.05) is 13.0 Å². The lowest BCUT2D eigenvalue weighted by molar-refractivity contribution is 0.428. The van der Waals surface area contributed by atoms with Gasteiger partial charge in [0.05, 0.1) is 6.07 Å². The van der Waals surface area contributed by atoms with Gasteiger partial charge < -0.3 is 5.32 Å². The molecule has 0 radical (unpaired) electrons. The minimum absolute atomic E-state index is 0.646. The zero-order chi connectivity index (χ0) is 9.36. The van der Waals surface area contributed by atoms with E-state index in [0.717, 1.165) is 19.0 Å². The highest BCUT2D eigenvalue weighted by molar-refractivity contribution is 4.72. The first-order valence-corrected chi connectivity index (χ1v) is 5.51. The molecule has 0 atom stereocenters. The molecule has 1 saturated carbocycles. The Morgan fingerprint density at radius 1 is 1.15 bits per heavy atom. The van der Waals surface area contributed by atoms with Crippen molar-refractivity contribution in [1.82, 2.24) is 5.32 Å². The van der Waals surface area contributed by atoms with Crippen LogP contribution in [0.25, 0.3) is 0 Å². The zero-order valence-electron chi connectivity index (χ0n) is 8.39. The topological polar surface area (TPSA) is 35.8 Å². The van der Waals surface area contributed by atoms with Crippen LogP contribution in [-0.4, -0.2) is 13.1 Å². The summed E-state index contributed by atoms with van der Waals surface area (Å²) in [4.78, 5) is 0. The van der Waals surface area contributed by atoms with Crippen LogP contribution in [0.1, 0.15) is 44.9 Å². The van der Waals surface area contributed by atoms with Crippen LogP contribution in [0, 0.1) is 17.2 Å². The Morgan fingerprint density at radius 2 is 1.85 bits per heavy atom. The van der Waals surface area contributed by atoms with Gasteiger partial charge in [-0.3, -0.25) is 0 Å². The average molecular weight is 180 g/mol. The third-order valence-electron chi connectivity index (χ3n) is 2.82. The molecule has 13 heavy (non-hydrogen) atoms. The van der Waals surface area contributed by atoms with Crippen molar-refractivity contribution < 1.29 is 0 Å². The van der Waals surface area contributed by atoms with Crippen molar-refractivity contribution in [2.24, 2.45) is 5.92 Å². The van der Waals surface area contributed by atoms with Crippen molar-refractivity contribution in [1.29, 1.82) is 5.26 Å². The Labute approximate surface area is 81.3 Å². The fraction of sp³-hybridized carbons (Fsp3) is 0.909. The molecule has 1 aliphatic carbocycles. The quantitative estimate of drug-likeness (QED) is 0.533. The normalized spacial score (nSPS) is 19.3. The van der Waals surface area contributed by atoms with E-state index in [2.05, 4.69) is 11.4 Å². The largest absolute Gasteiger partial charge is 0.315 e. The molecule has 0 aromatic carbocycles. The van der Waals surface area contributed by atoms with E-state index in [4.69, 9.17) is 5.26 Å². The molecular formula is C11H20N2. The van der Waals surface area contributed by atoms with Gasteiger partial charge in [0.15, 0.2) is 0 Å². The maximum Gasteiger partial charge on any atom is 0.0635 e. The first kappa shape index (κ1) is 10.5. The second-order valence-corrected chi connectivity index (χ2v) is 3.97. The van der Waals surface area contributed by atoms with Gasteiger partial charge in [-0.15, -0.1) is 0 Å². The summed E-state index contributed by atoms with van der Waals surface area (Å²) in [6.07, 6.45) is 9.09. The van der Waals surface area contributed by atoms with Gasteiger partial charge in [-0.1, -0.05) is 25.7 Å². The number of nitriles is 1. The first-order chi connectivity index (χ1) is 6.43. The molecule has 0 aromatic heterocycles. The molecule has 0 aliphatic heterocycles. The molecule has 74 valence electrons. The summed E-state index contributed by atoms with van der Waals surface area (Å²) >= 11 is 0. The van der Waals surface area contributed by atoms with E-state index in [-0.39, 0.29) is 0 Å². The fourth-order valence-corrected chi connectivity index (χ4v) is 2.02. The van der Waals surface area contributed by atoms with Crippen LogP contribution in [-0.2, 0) is 0 Å². The first-order valence-electron chi connectivity index (χ1n) is 5.51. The molecule has 1 aliphatic rings. The SMILES string of the molecule is N#CCCNCC1CCCCCC1. The van der Waals surface area contributed by atoms with E-state index in [1.54, 1.807) is 0 Å². The maximum atomic E-state index is 8.36. The van der Waals surface area contributed by atoms with Crippen molar-refractivity contribution >= 4 is 0 Å². The monoisotopic (exact) mass is 180 g/mol. The molecule has 0 heterocycles. The number of hydrogen-bond acceptors (Lipinski definition) is 2. The minimum atomic E-state index is 0.646. The summed E-state index contributed by atoms with van der Waals surface area (Å²) in [6, 6.07) is 2.16. The lowest BCUT2D eigenvalue weighted by Gasteiger charge is -2.13. The molecule has 1 fully saturated rings. The van der Waals surface area contributed by atoms with Gasteiger partial charge in [0.1, 0.15) is 0 Å². The second kappa shape index (κ2) is 6.91. The highest BCUT2D eigenvalue weighted by Crippen LogP contribution is 2.21. The lowest BCUT2D eigenvalue weighted by atomic mass is 10.0. The van der Waals surface area contributed by atoms with Gasteiger partial charge in [0.25, 0.3) is 0 Å². The Hall–Kier alpha value is -0.550. The summed E-state index contributed by atoms with van der Waals surface area (Å²) < 4.78 is 0. The van der Waals surface area contributed by atoms with Gasteiger partial charge in [0.2, 0.25) is 0 Å². The van der Waals surface area contributed by atoms with E-state index >= 15 is 0 Å². The summed E-state index contributed by atoms with van der Waals surface area (Å²) in [6.45, 7) is 1.99. The van der Waals surface area contributed by atoms with Gasteiger partial charge in [-0.05, 0) is 25.3 Å². The zero-order valence-corrected chi connectivity index (χ0v) is 8.39. The highest BCUT2D eigenvalue weighted by Gasteiger charge is 2.10. The smallest absolute Gasteiger partial charge is 0.0635 e. The third-order valence-corrected chi connectivity index (χ3v) is 2.82. The Kier molecular flexibility index (Phi) is 5.60. The Bertz CT molecular complexity index is 152. The van der Waals surface area contributed by atoms with Crippen molar-refractivity contribution in [2.75, 3.05) is 13.1 Å². The highest BCUT2D eigenvalue weighted by atomic mass is 14.8. The molecule has 2 nitrogen and oxygen atoms in total. The van der Waals surface area contributed by atoms with Crippen LogP contribution in [0.5, 0.6) is 0 Å². The predicted octanol–water partition coefficient (Wildman–Crippen LogP) is 2.46. The van der Waals surface area contributed by atoms with Gasteiger partial charge in [-0.25, -0.2) is 0 Å². The van der Waals surface area contributed by atoms with Crippen LogP contribution in [0.2, 0.25) is 0 Å². The summed E-state index contributed by atoms with van der Waals surface area (Å²) in [7, 11) is 0. The molecule has 0 saturated heterocycles. The lowest BCUT2D eigenvalue weighted by Crippen LogP contribution is -2.23. The standard InChI is InChI=1S/C11H20N2/c12-8-5-9-13-10-11-6-3-1-2-4-7-11/h11,13H,1-7,9-10H2. The number of hydrogen-bond donors (Lipinski definition) is 1. The van der Waals surface area contributed by atoms with Gasteiger partial charge >= 0.3 is 0 Å². The summed E-state index contributed by atoms with van der Waals surface area (Å²) in [5.41, 5.74) is 0. The average Bonchev–Trinajstić information content (AvgIpc) is 2.41. The molecule has 0 unspecified atom stereocenters. The van der Waals surface area contributed by atoms with Crippen molar-refractivity contribution in [2.45, 2.75) is 44.9 Å². The van der Waals surface area contributed by atoms with E-state index in [9.17, 15) is 0 Å². The van der Waals surface area contributed by atoms with Crippen molar-refractivity contribution in [3.8, 4) is 6.07 Å². The van der Waals surface area contributed by atoms with E-state index in [1.807, 2.05) is 0 Å². The molecule has 0 spiro atoms. The Morgan fingerprint density at radius 3 is 2.46 bits per heavy atom. The molecule has 1 N–H and O–H groups in total.